The van der Waals surface area contributed by atoms with Crippen LogP contribution in [0.15, 0.2) is 24.3 Å². The summed E-state index contributed by atoms with van der Waals surface area (Å²) in [4.78, 5) is 0. The maximum atomic E-state index is 5.28. The molecule has 68 valence electrons. The summed E-state index contributed by atoms with van der Waals surface area (Å²) in [7, 11) is 0. The van der Waals surface area contributed by atoms with Crippen molar-refractivity contribution in [3.8, 4) is 12.3 Å². The molecule has 1 aromatic carbocycles. The van der Waals surface area contributed by atoms with E-state index in [0.717, 1.165) is 6.42 Å². The Bertz CT molecular complexity index is 312. The highest BCUT2D eigenvalue weighted by Crippen LogP contribution is 2.06. The molecule has 2 heteroatoms. The summed E-state index contributed by atoms with van der Waals surface area (Å²) in [6.07, 6.45) is 6.05. The lowest BCUT2D eigenvalue weighted by atomic mass is 10.0. The van der Waals surface area contributed by atoms with Crippen LogP contribution < -0.4 is 11.3 Å². The van der Waals surface area contributed by atoms with E-state index >= 15 is 0 Å². The van der Waals surface area contributed by atoms with Crippen molar-refractivity contribution in [3.63, 3.8) is 0 Å². The minimum Gasteiger partial charge on any atom is -0.270 e. The Morgan fingerprint density at radius 2 is 2.38 bits per heavy atom. The van der Waals surface area contributed by atoms with Crippen LogP contribution in [0.5, 0.6) is 0 Å². The highest BCUT2D eigenvalue weighted by molar-refractivity contribution is 5.24. The van der Waals surface area contributed by atoms with Gasteiger partial charge < -0.3 is 0 Å². The Balaban J connectivity index is 2.69. The Hall–Kier alpha value is -1.30. The molecule has 0 bridgehead atoms. The molecule has 0 saturated heterocycles. The van der Waals surface area contributed by atoms with Crippen molar-refractivity contribution in [2.75, 3.05) is 0 Å². The molecular formula is C11H14N2. The van der Waals surface area contributed by atoms with Crippen LogP contribution in [0.4, 0.5) is 0 Å². The lowest BCUT2D eigenvalue weighted by molar-refractivity contribution is 0.633. The van der Waals surface area contributed by atoms with Crippen LogP contribution in [0.25, 0.3) is 0 Å². The SMILES string of the molecule is C#CC(Cc1cccc(C)c1)NN. The zero-order chi connectivity index (χ0) is 9.68. The number of hydrazine groups is 1. The highest BCUT2D eigenvalue weighted by atomic mass is 15.2. The Kier molecular flexibility index (Phi) is 3.51. The van der Waals surface area contributed by atoms with Crippen LogP contribution in [-0.4, -0.2) is 6.04 Å². The average molecular weight is 174 g/mol. The first kappa shape index (κ1) is 9.79. The van der Waals surface area contributed by atoms with Gasteiger partial charge in [-0.25, -0.2) is 5.43 Å². The van der Waals surface area contributed by atoms with Crippen molar-refractivity contribution >= 4 is 0 Å². The van der Waals surface area contributed by atoms with Crippen LogP contribution in [0, 0.1) is 19.3 Å². The number of terminal acetylenes is 1. The van der Waals surface area contributed by atoms with Crippen molar-refractivity contribution < 1.29 is 0 Å². The lowest BCUT2D eigenvalue weighted by Gasteiger charge is -2.08. The normalized spacial score (nSPS) is 12.1. The van der Waals surface area contributed by atoms with E-state index < -0.39 is 0 Å². The van der Waals surface area contributed by atoms with Gasteiger partial charge in [0.05, 0.1) is 6.04 Å². The molecule has 0 aliphatic heterocycles. The van der Waals surface area contributed by atoms with Gasteiger partial charge in [-0.15, -0.1) is 6.42 Å². The van der Waals surface area contributed by atoms with E-state index in [1.54, 1.807) is 0 Å². The third-order valence-corrected chi connectivity index (χ3v) is 1.92. The number of benzene rings is 1. The van der Waals surface area contributed by atoms with Crippen LogP contribution >= 0.6 is 0 Å². The Labute approximate surface area is 79.1 Å². The topological polar surface area (TPSA) is 38.0 Å². The van der Waals surface area contributed by atoms with Gasteiger partial charge in [-0.3, -0.25) is 5.84 Å². The Morgan fingerprint density at radius 3 is 2.92 bits per heavy atom. The van der Waals surface area contributed by atoms with Gasteiger partial charge in [0.15, 0.2) is 0 Å². The number of hydrogen-bond donors (Lipinski definition) is 2. The van der Waals surface area contributed by atoms with Crippen LogP contribution in [-0.2, 0) is 6.42 Å². The maximum absolute atomic E-state index is 5.28. The molecule has 3 N–H and O–H groups in total. The molecule has 0 spiro atoms. The van der Waals surface area contributed by atoms with Gasteiger partial charge in [0, 0.05) is 6.42 Å². The molecule has 1 unspecified atom stereocenters. The second-order valence-corrected chi connectivity index (χ2v) is 3.08. The second kappa shape index (κ2) is 4.66. The number of rotatable bonds is 3. The van der Waals surface area contributed by atoms with Crippen LogP contribution in [0.3, 0.4) is 0 Å². The molecule has 13 heavy (non-hydrogen) atoms. The number of nitrogens with two attached hydrogens (primary N) is 1. The molecule has 0 saturated carbocycles. The second-order valence-electron chi connectivity index (χ2n) is 3.08. The molecule has 2 nitrogen and oxygen atoms in total. The molecule has 0 amide bonds. The van der Waals surface area contributed by atoms with E-state index in [2.05, 4.69) is 36.5 Å². The molecule has 1 aromatic rings. The van der Waals surface area contributed by atoms with Gasteiger partial charge in [0.1, 0.15) is 0 Å². The zero-order valence-corrected chi connectivity index (χ0v) is 7.75. The zero-order valence-electron chi connectivity index (χ0n) is 7.75. The van der Waals surface area contributed by atoms with E-state index in [1.165, 1.54) is 11.1 Å². The largest absolute Gasteiger partial charge is 0.270 e. The summed E-state index contributed by atoms with van der Waals surface area (Å²) in [6.45, 7) is 2.06. The van der Waals surface area contributed by atoms with Gasteiger partial charge in [0.25, 0.3) is 0 Å². The number of hydrogen-bond acceptors (Lipinski definition) is 2. The van der Waals surface area contributed by atoms with E-state index in [1.807, 2.05) is 6.07 Å². The average Bonchev–Trinajstić information content (AvgIpc) is 2.14. The molecule has 0 aromatic heterocycles. The molecule has 0 aliphatic rings. The van der Waals surface area contributed by atoms with Crippen molar-refractivity contribution in [3.05, 3.63) is 35.4 Å². The molecule has 0 radical (unpaired) electrons. The summed E-state index contributed by atoms with van der Waals surface area (Å²) in [5.74, 6) is 7.86. The van der Waals surface area contributed by atoms with E-state index in [0.29, 0.717) is 0 Å². The predicted molar refractivity (Wildman–Crippen MR) is 54.8 cm³/mol. The maximum Gasteiger partial charge on any atom is 0.0855 e. The number of aryl methyl sites for hydroxylation is 1. The summed E-state index contributed by atoms with van der Waals surface area (Å²) in [5.41, 5.74) is 5.03. The molecule has 1 atom stereocenters. The van der Waals surface area contributed by atoms with Gasteiger partial charge in [-0.2, -0.15) is 0 Å². The molecule has 0 heterocycles. The van der Waals surface area contributed by atoms with Gasteiger partial charge >= 0.3 is 0 Å². The lowest BCUT2D eigenvalue weighted by Crippen LogP contribution is -2.35. The minimum atomic E-state index is -0.0817. The number of nitrogens with one attached hydrogen (secondary N) is 1. The summed E-state index contributed by atoms with van der Waals surface area (Å²) in [5, 5.41) is 0. The first-order valence-electron chi connectivity index (χ1n) is 4.24. The first-order valence-corrected chi connectivity index (χ1v) is 4.24. The van der Waals surface area contributed by atoms with Gasteiger partial charge in [0.2, 0.25) is 0 Å². The van der Waals surface area contributed by atoms with Crippen molar-refractivity contribution in [2.24, 2.45) is 5.84 Å². The van der Waals surface area contributed by atoms with Crippen molar-refractivity contribution in [1.29, 1.82) is 0 Å². The van der Waals surface area contributed by atoms with Crippen molar-refractivity contribution in [1.82, 2.24) is 5.43 Å². The third-order valence-electron chi connectivity index (χ3n) is 1.92. The van der Waals surface area contributed by atoms with E-state index in [-0.39, 0.29) is 6.04 Å². The highest BCUT2D eigenvalue weighted by Gasteiger charge is 2.02. The fourth-order valence-electron chi connectivity index (χ4n) is 1.24. The summed E-state index contributed by atoms with van der Waals surface area (Å²) in [6, 6.07) is 8.16. The quantitative estimate of drug-likeness (QED) is 0.407. The standard InChI is InChI=1S/C11H14N2/c1-3-11(13-12)8-10-6-4-5-9(2)7-10/h1,4-7,11,13H,8,12H2,2H3. The first-order chi connectivity index (χ1) is 6.26. The fraction of sp³-hybridized carbons (Fsp3) is 0.273. The monoisotopic (exact) mass is 174 g/mol. The molecule has 0 aliphatic carbocycles. The molecular weight excluding hydrogens is 160 g/mol. The summed E-state index contributed by atoms with van der Waals surface area (Å²) >= 11 is 0. The Morgan fingerprint density at radius 1 is 1.62 bits per heavy atom. The minimum absolute atomic E-state index is 0.0817. The fourth-order valence-corrected chi connectivity index (χ4v) is 1.24. The van der Waals surface area contributed by atoms with Crippen molar-refractivity contribution in [2.45, 2.75) is 19.4 Å². The van der Waals surface area contributed by atoms with E-state index in [4.69, 9.17) is 12.3 Å². The van der Waals surface area contributed by atoms with Crippen LogP contribution in [0.1, 0.15) is 11.1 Å². The van der Waals surface area contributed by atoms with Gasteiger partial charge in [-0.05, 0) is 12.5 Å². The van der Waals surface area contributed by atoms with E-state index in [9.17, 15) is 0 Å². The summed E-state index contributed by atoms with van der Waals surface area (Å²) < 4.78 is 0. The predicted octanol–water partition coefficient (Wildman–Crippen LogP) is 1.00. The third kappa shape index (κ3) is 2.90. The smallest absolute Gasteiger partial charge is 0.0855 e. The van der Waals surface area contributed by atoms with Crippen LogP contribution in [0.2, 0.25) is 0 Å². The molecule has 1 rings (SSSR count). The molecule has 0 fully saturated rings. The van der Waals surface area contributed by atoms with Gasteiger partial charge in [-0.1, -0.05) is 35.7 Å².